The zero-order chi connectivity index (χ0) is 20.6. The molecule has 0 atom stereocenters. The Morgan fingerprint density at radius 1 is 1.17 bits per heavy atom. The molecule has 1 saturated heterocycles. The topological polar surface area (TPSA) is 92.8 Å². The SMILES string of the molecule is CCOC(=O)N1CCC(NC(=O)c2ccnc(Nc3ccc(OC)cc3)c2)CC1. The van der Waals surface area contributed by atoms with Gasteiger partial charge in [0.05, 0.1) is 13.7 Å². The van der Waals surface area contributed by atoms with Crippen LogP contribution in [0.1, 0.15) is 30.1 Å². The van der Waals surface area contributed by atoms with Crippen LogP contribution in [0.5, 0.6) is 5.75 Å². The molecule has 0 radical (unpaired) electrons. The minimum Gasteiger partial charge on any atom is -0.497 e. The third-order valence-corrected chi connectivity index (χ3v) is 4.74. The first kappa shape index (κ1) is 20.4. The number of methoxy groups -OCH3 is 1. The molecule has 1 aromatic carbocycles. The van der Waals surface area contributed by atoms with Gasteiger partial charge in [-0.2, -0.15) is 0 Å². The van der Waals surface area contributed by atoms with Crippen molar-refractivity contribution < 1.29 is 19.1 Å². The second-order valence-corrected chi connectivity index (χ2v) is 6.72. The van der Waals surface area contributed by atoms with Gasteiger partial charge in [-0.1, -0.05) is 0 Å². The van der Waals surface area contributed by atoms with Crippen LogP contribution in [0.4, 0.5) is 16.3 Å². The van der Waals surface area contributed by atoms with E-state index in [-0.39, 0.29) is 18.0 Å². The van der Waals surface area contributed by atoms with Crippen LogP contribution in [0.2, 0.25) is 0 Å². The van der Waals surface area contributed by atoms with Gasteiger partial charge < -0.3 is 25.0 Å². The summed E-state index contributed by atoms with van der Waals surface area (Å²) in [5, 5.41) is 6.22. The molecule has 0 bridgehead atoms. The van der Waals surface area contributed by atoms with E-state index in [1.54, 1.807) is 37.3 Å². The van der Waals surface area contributed by atoms with Crippen LogP contribution in [0.25, 0.3) is 0 Å². The number of hydrogen-bond donors (Lipinski definition) is 2. The molecule has 0 unspecified atom stereocenters. The molecule has 29 heavy (non-hydrogen) atoms. The molecule has 2 amide bonds. The zero-order valence-corrected chi connectivity index (χ0v) is 16.7. The third kappa shape index (κ3) is 5.60. The summed E-state index contributed by atoms with van der Waals surface area (Å²) in [6.07, 6.45) is 2.71. The van der Waals surface area contributed by atoms with E-state index < -0.39 is 0 Å². The number of aromatic nitrogens is 1. The Morgan fingerprint density at radius 2 is 1.90 bits per heavy atom. The van der Waals surface area contributed by atoms with Gasteiger partial charge in [0.2, 0.25) is 0 Å². The van der Waals surface area contributed by atoms with Crippen molar-refractivity contribution in [2.45, 2.75) is 25.8 Å². The van der Waals surface area contributed by atoms with Gasteiger partial charge in [0.15, 0.2) is 0 Å². The van der Waals surface area contributed by atoms with Crippen LogP contribution in [0.3, 0.4) is 0 Å². The third-order valence-electron chi connectivity index (χ3n) is 4.74. The Bertz CT molecular complexity index is 833. The molecule has 8 heteroatoms. The number of amides is 2. The molecule has 2 heterocycles. The lowest BCUT2D eigenvalue weighted by Crippen LogP contribution is -2.46. The first-order valence-corrected chi connectivity index (χ1v) is 9.68. The maximum Gasteiger partial charge on any atom is 0.409 e. The van der Waals surface area contributed by atoms with Crippen molar-refractivity contribution in [2.75, 3.05) is 32.1 Å². The summed E-state index contributed by atoms with van der Waals surface area (Å²) >= 11 is 0. The number of piperidine rings is 1. The summed E-state index contributed by atoms with van der Waals surface area (Å²) in [6, 6.07) is 10.9. The molecule has 0 saturated carbocycles. The van der Waals surface area contributed by atoms with E-state index in [0.717, 1.165) is 11.4 Å². The maximum atomic E-state index is 12.6. The Morgan fingerprint density at radius 3 is 2.55 bits per heavy atom. The monoisotopic (exact) mass is 398 g/mol. The lowest BCUT2D eigenvalue weighted by Gasteiger charge is -2.31. The van der Waals surface area contributed by atoms with Gasteiger partial charge in [0.1, 0.15) is 11.6 Å². The summed E-state index contributed by atoms with van der Waals surface area (Å²) < 4.78 is 10.2. The van der Waals surface area contributed by atoms with Crippen molar-refractivity contribution >= 4 is 23.5 Å². The molecule has 0 aliphatic carbocycles. The van der Waals surface area contributed by atoms with Crippen molar-refractivity contribution in [1.82, 2.24) is 15.2 Å². The minimum absolute atomic E-state index is 0.0272. The zero-order valence-electron chi connectivity index (χ0n) is 16.7. The number of hydrogen-bond acceptors (Lipinski definition) is 6. The summed E-state index contributed by atoms with van der Waals surface area (Å²) in [4.78, 5) is 30.3. The van der Waals surface area contributed by atoms with Crippen molar-refractivity contribution in [3.63, 3.8) is 0 Å². The second kappa shape index (κ2) is 9.77. The Kier molecular flexibility index (Phi) is 6.89. The number of anilines is 2. The Balaban J connectivity index is 1.55. The smallest absolute Gasteiger partial charge is 0.409 e. The first-order chi connectivity index (χ1) is 14.1. The van der Waals surface area contributed by atoms with Gasteiger partial charge >= 0.3 is 6.09 Å². The quantitative estimate of drug-likeness (QED) is 0.776. The number of benzene rings is 1. The van der Waals surface area contributed by atoms with E-state index in [2.05, 4.69) is 15.6 Å². The van der Waals surface area contributed by atoms with Gasteiger partial charge in [-0.05, 0) is 56.2 Å². The molecule has 1 aliphatic rings. The molecule has 3 rings (SSSR count). The number of carbonyl (C=O) groups excluding carboxylic acids is 2. The average Bonchev–Trinajstić information content (AvgIpc) is 2.75. The molecule has 1 fully saturated rings. The molecule has 1 aromatic heterocycles. The van der Waals surface area contributed by atoms with E-state index in [4.69, 9.17) is 9.47 Å². The fraction of sp³-hybridized carbons (Fsp3) is 0.381. The average molecular weight is 398 g/mol. The van der Waals surface area contributed by atoms with Crippen molar-refractivity contribution in [1.29, 1.82) is 0 Å². The van der Waals surface area contributed by atoms with Crippen molar-refractivity contribution in [3.05, 3.63) is 48.2 Å². The molecule has 0 spiro atoms. The molecule has 8 nitrogen and oxygen atoms in total. The highest BCUT2D eigenvalue weighted by atomic mass is 16.6. The molecule has 154 valence electrons. The number of ether oxygens (including phenoxy) is 2. The summed E-state index contributed by atoms with van der Waals surface area (Å²) in [7, 11) is 1.62. The molecular weight excluding hydrogens is 372 g/mol. The molecule has 1 aliphatic heterocycles. The summed E-state index contributed by atoms with van der Waals surface area (Å²) in [5.74, 6) is 1.20. The van der Waals surface area contributed by atoms with E-state index >= 15 is 0 Å². The van der Waals surface area contributed by atoms with Gasteiger partial charge in [-0.25, -0.2) is 9.78 Å². The highest BCUT2D eigenvalue weighted by molar-refractivity contribution is 5.95. The standard InChI is InChI=1S/C21H26N4O4/c1-3-29-21(27)25-12-9-17(10-13-25)24-20(26)15-8-11-22-19(14-15)23-16-4-6-18(28-2)7-5-16/h4-8,11,14,17H,3,9-10,12-13H2,1-2H3,(H,22,23)(H,24,26). The normalized spacial score (nSPS) is 14.2. The van der Waals surface area contributed by atoms with E-state index in [1.165, 1.54) is 0 Å². The van der Waals surface area contributed by atoms with E-state index in [0.29, 0.717) is 43.9 Å². The second-order valence-electron chi connectivity index (χ2n) is 6.72. The van der Waals surface area contributed by atoms with Crippen LogP contribution in [-0.2, 0) is 4.74 Å². The fourth-order valence-electron chi connectivity index (χ4n) is 3.15. The van der Waals surface area contributed by atoms with Crippen molar-refractivity contribution in [3.8, 4) is 5.75 Å². The fourth-order valence-corrected chi connectivity index (χ4v) is 3.15. The largest absolute Gasteiger partial charge is 0.497 e. The van der Waals surface area contributed by atoms with Gasteiger partial charge in [-0.3, -0.25) is 4.79 Å². The van der Waals surface area contributed by atoms with Gasteiger partial charge in [0.25, 0.3) is 5.91 Å². The highest BCUT2D eigenvalue weighted by Crippen LogP contribution is 2.19. The number of nitrogens with one attached hydrogen (secondary N) is 2. The Labute approximate surface area is 170 Å². The number of rotatable bonds is 6. The number of pyridine rings is 1. The van der Waals surface area contributed by atoms with Gasteiger partial charge in [-0.15, -0.1) is 0 Å². The van der Waals surface area contributed by atoms with Crippen LogP contribution in [0, 0.1) is 0 Å². The summed E-state index contributed by atoms with van der Waals surface area (Å²) in [6.45, 7) is 3.30. The predicted octanol–water partition coefficient (Wildman–Crippen LogP) is 3.18. The van der Waals surface area contributed by atoms with Crippen LogP contribution in [-0.4, -0.2) is 54.7 Å². The number of nitrogens with zero attached hydrogens (tertiary/aromatic N) is 2. The maximum absolute atomic E-state index is 12.6. The Hall–Kier alpha value is -3.29. The van der Waals surface area contributed by atoms with Gasteiger partial charge in [0, 0.05) is 36.6 Å². The lowest BCUT2D eigenvalue weighted by molar-refractivity contribution is 0.0860. The predicted molar refractivity (Wildman–Crippen MR) is 110 cm³/mol. The van der Waals surface area contributed by atoms with Crippen LogP contribution in [0.15, 0.2) is 42.6 Å². The van der Waals surface area contributed by atoms with Crippen LogP contribution < -0.4 is 15.4 Å². The minimum atomic E-state index is -0.291. The molecule has 2 N–H and O–H groups in total. The lowest BCUT2D eigenvalue weighted by atomic mass is 10.0. The number of likely N-dealkylation sites (tertiary alicyclic amines) is 1. The van der Waals surface area contributed by atoms with Crippen molar-refractivity contribution in [2.24, 2.45) is 0 Å². The summed E-state index contributed by atoms with van der Waals surface area (Å²) in [5.41, 5.74) is 1.38. The first-order valence-electron chi connectivity index (χ1n) is 9.68. The van der Waals surface area contributed by atoms with E-state index in [9.17, 15) is 9.59 Å². The number of carbonyl (C=O) groups is 2. The molecular formula is C21H26N4O4. The van der Waals surface area contributed by atoms with E-state index in [1.807, 2.05) is 24.3 Å². The van der Waals surface area contributed by atoms with Crippen LogP contribution >= 0.6 is 0 Å². The highest BCUT2D eigenvalue weighted by Gasteiger charge is 2.24. The molecule has 2 aromatic rings.